The summed E-state index contributed by atoms with van der Waals surface area (Å²) < 4.78 is 52.2. The van der Waals surface area contributed by atoms with Gasteiger partial charge in [0.1, 0.15) is 11.3 Å². The number of anilines is 2. The topological polar surface area (TPSA) is 47.5 Å². The third kappa shape index (κ3) is 6.48. The fourth-order valence-corrected chi connectivity index (χ4v) is 3.64. The van der Waals surface area contributed by atoms with Crippen molar-refractivity contribution < 1.29 is 22.6 Å². The molecule has 2 aromatic rings. The fraction of sp³-hybridized carbons (Fsp3) is 0.565. The van der Waals surface area contributed by atoms with Gasteiger partial charge in [-0.05, 0) is 56.4 Å². The number of nitrogens with zero attached hydrogens (tertiary/aromatic N) is 3. The zero-order valence-corrected chi connectivity index (χ0v) is 18.1. The zero-order valence-electron chi connectivity index (χ0n) is 18.1. The quantitative estimate of drug-likeness (QED) is 0.395. The maximum atomic E-state index is 13.6. The predicted octanol–water partition coefficient (Wildman–Crippen LogP) is 6.54. The summed E-state index contributed by atoms with van der Waals surface area (Å²) in [6.45, 7) is 2.48. The van der Waals surface area contributed by atoms with E-state index >= 15 is 0 Å². The average molecular weight is 438 g/mol. The van der Waals surface area contributed by atoms with E-state index < -0.39 is 11.7 Å². The van der Waals surface area contributed by atoms with Crippen LogP contribution >= 0.6 is 0 Å². The molecule has 0 aliphatic heterocycles. The number of hydrogen-bond donors (Lipinski definition) is 0. The van der Waals surface area contributed by atoms with Crippen LogP contribution in [0.3, 0.4) is 0 Å². The molecule has 0 unspecified atom stereocenters. The summed E-state index contributed by atoms with van der Waals surface area (Å²) in [7, 11) is 1.55. The molecular formula is C23H30F3N3O2. The van der Waals surface area contributed by atoms with Crippen LogP contribution in [0.5, 0.6) is 11.8 Å². The standard InChI is InChI=1S/C23H30F3N3O2/c1-3-4-5-8-15-30-22-27-16-20(23(24,25)26)21(28-22)29(2)17-11-13-19(14-12-17)31-18-9-6-7-10-18/h11-14,16,18H,3-10,15H2,1-2H3. The van der Waals surface area contributed by atoms with Gasteiger partial charge in [0.15, 0.2) is 5.82 Å². The lowest BCUT2D eigenvalue weighted by Crippen LogP contribution is -2.19. The first-order valence-electron chi connectivity index (χ1n) is 11.0. The fourth-order valence-electron chi connectivity index (χ4n) is 3.64. The predicted molar refractivity (Wildman–Crippen MR) is 114 cm³/mol. The van der Waals surface area contributed by atoms with Crippen LogP contribution in [0.2, 0.25) is 0 Å². The molecule has 0 atom stereocenters. The van der Waals surface area contributed by atoms with E-state index in [0.29, 0.717) is 12.3 Å². The molecule has 0 saturated heterocycles. The normalized spacial score (nSPS) is 14.6. The van der Waals surface area contributed by atoms with Crippen LogP contribution < -0.4 is 14.4 Å². The molecule has 0 N–H and O–H groups in total. The highest BCUT2D eigenvalue weighted by molar-refractivity contribution is 5.63. The lowest BCUT2D eigenvalue weighted by atomic mass is 10.2. The number of halogens is 3. The van der Waals surface area contributed by atoms with Gasteiger partial charge in [0.2, 0.25) is 0 Å². The van der Waals surface area contributed by atoms with Gasteiger partial charge in [0.25, 0.3) is 0 Å². The molecule has 0 bridgehead atoms. The van der Waals surface area contributed by atoms with Crippen molar-refractivity contribution in [2.24, 2.45) is 0 Å². The molecule has 1 aromatic heterocycles. The minimum absolute atomic E-state index is 0.0486. The van der Waals surface area contributed by atoms with Gasteiger partial charge in [-0.3, -0.25) is 0 Å². The Bertz CT molecular complexity index is 822. The van der Waals surface area contributed by atoms with Crippen molar-refractivity contribution in [3.8, 4) is 11.8 Å². The summed E-state index contributed by atoms with van der Waals surface area (Å²) >= 11 is 0. The first kappa shape index (κ1) is 23.2. The van der Waals surface area contributed by atoms with E-state index in [1.165, 1.54) is 17.7 Å². The third-order valence-corrected chi connectivity index (χ3v) is 5.43. The number of ether oxygens (including phenoxy) is 2. The number of rotatable bonds is 10. The van der Waals surface area contributed by atoms with E-state index in [4.69, 9.17) is 9.47 Å². The van der Waals surface area contributed by atoms with Crippen molar-refractivity contribution >= 4 is 11.5 Å². The van der Waals surface area contributed by atoms with E-state index in [1.807, 2.05) is 0 Å². The van der Waals surface area contributed by atoms with Crippen LogP contribution in [0.15, 0.2) is 30.5 Å². The number of hydrogen-bond acceptors (Lipinski definition) is 5. The van der Waals surface area contributed by atoms with E-state index in [0.717, 1.165) is 50.5 Å². The molecule has 1 aliphatic rings. The van der Waals surface area contributed by atoms with Gasteiger partial charge in [-0.25, -0.2) is 4.98 Å². The lowest BCUT2D eigenvalue weighted by molar-refractivity contribution is -0.137. The highest BCUT2D eigenvalue weighted by Crippen LogP contribution is 2.38. The summed E-state index contributed by atoms with van der Waals surface area (Å²) in [6.07, 6.45) is 4.85. The van der Waals surface area contributed by atoms with Crippen molar-refractivity contribution in [1.29, 1.82) is 0 Å². The molecule has 1 aromatic carbocycles. The molecule has 0 amide bonds. The van der Waals surface area contributed by atoms with E-state index in [-0.39, 0.29) is 17.9 Å². The Labute approximate surface area is 181 Å². The van der Waals surface area contributed by atoms with Crippen molar-refractivity contribution in [3.63, 3.8) is 0 Å². The van der Waals surface area contributed by atoms with Crippen LogP contribution in [-0.2, 0) is 6.18 Å². The van der Waals surface area contributed by atoms with Crippen molar-refractivity contribution in [1.82, 2.24) is 9.97 Å². The van der Waals surface area contributed by atoms with Gasteiger partial charge in [-0.15, -0.1) is 0 Å². The number of aromatic nitrogens is 2. The van der Waals surface area contributed by atoms with E-state index in [2.05, 4.69) is 16.9 Å². The molecule has 1 heterocycles. The average Bonchev–Trinajstić information content (AvgIpc) is 3.26. The van der Waals surface area contributed by atoms with Crippen molar-refractivity contribution in [2.45, 2.75) is 70.6 Å². The summed E-state index contributed by atoms with van der Waals surface area (Å²) in [6, 6.07) is 6.98. The first-order chi connectivity index (χ1) is 14.9. The SMILES string of the molecule is CCCCCCOc1ncc(C(F)(F)F)c(N(C)c2ccc(OC3CCCC3)cc2)n1. The Morgan fingerprint density at radius 2 is 1.77 bits per heavy atom. The van der Waals surface area contributed by atoms with Crippen molar-refractivity contribution in [2.75, 3.05) is 18.6 Å². The molecule has 1 fully saturated rings. The summed E-state index contributed by atoms with van der Waals surface area (Å²) in [5.74, 6) is 0.481. The number of unbranched alkanes of at least 4 members (excludes halogenated alkanes) is 3. The molecule has 3 rings (SSSR count). The highest BCUT2D eigenvalue weighted by atomic mass is 19.4. The van der Waals surface area contributed by atoms with E-state index in [9.17, 15) is 13.2 Å². The Morgan fingerprint density at radius 1 is 1.06 bits per heavy atom. The van der Waals surface area contributed by atoms with Crippen LogP contribution in [0.1, 0.15) is 63.9 Å². The Kier molecular flexibility index (Phi) is 7.98. The highest BCUT2D eigenvalue weighted by Gasteiger charge is 2.36. The Morgan fingerprint density at radius 3 is 2.42 bits per heavy atom. The minimum atomic E-state index is -4.57. The minimum Gasteiger partial charge on any atom is -0.490 e. The van der Waals surface area contributed by atoms with Crippen LogP contribution in [0.25, 0.3) is 0 Å². The maximum absolute atomic E-state index is 13.6. The molecule has 31 heavy (non-hydrogen) atoms. The molecular weight excluding hydrogens is 407 g/mol. The summed E-state index contributed by atoms with van der Waals surface area (Å²) in [5, 5.41) is 0. The van der Waals surface area contributed by atoms with Gasteiger partial charge in [-0.1, -0.05) is 26.2 Å². The maximum Gasteiger partial charge on any atom is 0.421 e. The second-order valence-electron chi connectivity index (χ2n) is 7.87. The first-order valence-corrected chi connectivity index (χ1v) is 11.0. The molecule has 5 nitrogen and oxygen atoms in total. The van der Waals surface area contributed by atoms with Crippen molar-refractivity contribution in [3.05, 3.63) is 36.0 Å². The van der Waals surface area contributed by atoms with Gasteiger partial charge >= 0.3 is 12.2 Å². The molecule has 1 saturated carbocycles. The molecule has 170 valence electrons. The second kappa shape index (κ2) is 10.7. The molecule has 8 heteroatoms. The largest absolute Gasteiger partial charge is 0.490 e. The monoisotopic (exact) mass is 437 g/mol. The zero-order chi connectivity index (χ0) is 22.3. The van der Waals surface area contributed by atoms with Crippen LogP contribution in [0.4, 0.5) is 24.7 Å². The number of alkyl halides is 3. The van der Waals surface area contributed by atoms with Gasteiger partial charge in [0, 0.05) is 18.9 Å². The van der Waals surface area contributed by atoms with Crippen LogP contribution in [0, 0.1) is 0 Å². The second-order valence-corrected chi connectivity index (χ2v) is 7.87. The summed E-state index contributed by atoms with van der Waals surface area (Å²) in [4.78, 5) is 9.25. The van der Waals surface area contributed by atoms with Gasteiger partial charge in [0.05, 0.1) is 12.7 Å². The van der Waals surface area contributed by atoms with Gasteiger partial charge in [-0.2, -0.15) is 18.2 Å². The molecule has 1 aliphatic carbocycles. The van der Waals surface area contributed by atoms with Gasteiger partial charge < -0.3 is 14.4 Å². The summed E-state index contributed by atoms with van der Waals surface area (Å²) in [5.41, 5.74) is -0.337. The third-order valence-electron chi connectivity index (χ3n) is 5.43. The molecule has 0 radical (unpaired) electrons. The molecule has 0 spiro atoms. The lowest BCUT2D eigenvalue weighted by Gasteiger charge is -2.23. The van der Waals surface area contributed by atoms with Crippen LogP contribution in [-0.4, -0.2) is 29.7 Å². The Hall–Kier alpha value is -2.51. The number of benzene rings is 1. The Balaban J connectivity index is 1.75. The van der Waals surface area contributed by atoms with E-state index in [1.54, 1.807) is 31.3 Å². The smallest absolute Gasteiger partial charge is 0.421 e.